The number of hydrogen-bond donors (Lipinski definition) is 1. The van der Waals surface area contributed by atoms with E-state index in [1.807, 2.05) is 0 Å². The number of carboxylic acids is 1. The Balaban J connectivity index is 2.27. The molecular weight excluding hydrogens is 286 g/mol. The second kappa shape index (κ2) is 5.14. The molecule has 0 aliphatic carbocycles. The number of hydrogen-bond acceptors (Lipinski definition) is 5. The fourth-order valence-electron chi connectivity index (χ4n) is 1.19. The lowest BCUT2D eigenvalue weighted by Crippen LogP contribution is -2.05. The lowest BCUT2D eigenvalue weighted by Gasteiger charge is -2.03. The Morgan fingerprint density at radius 1 is 1.42 bits per heavy atom. The third-order valence-corrected chi connectivity index (χ3v) is 2.19. The van der Waals surface area contributed by atoms with Crippen molar-refractivity contribution in [2.75, 3.05) is 0 Å². The minimum absolute atomic E-state index is 0.246. The van der Waals surface area contributed by atoms with Gasteiger partial charge in [-0.2, -0.15) is 8.78 Å². The molecule has 2 rings (SSSR count). The standard InChI is InChI=1S/C9H5ClF2N4O3/c10-7-6(8(17)18)14-16(15-7)4-1-2-5(13-3-4)19-9(11)12/h1-3,9H,(H,17,18). The van der Waals surface area contributed by atoms with Crippen LogP contribution in [0, 0.1) is 0 Å². The largest absolute Gasteiger partial charge is 0.476 e. The number of ether oxygens (including phenoxy) is 1. The van der Waals surface area contributed by atoms with Gasteiger partial charge in [0.05, 0.1) is 6.20 Å². The molecule has 0 fully saturated rings. The van der Waals surface area contributed by atoms with E-state index in [1.54, 1.807) is 0 Å². The minimum Gasteiger partial charge on any atom is -0.476 e. The summed E-state index contributed by atoms with van der Waals surface area (Å²) in [5, 5.41) is 15.7. The van der Waals surface area contributed by atoms with Crippen molar-refractivity contribution in [2.24, 2.45) is 0 Å². The van der Waals surface area contributed by atoms with Crippen molar-refractivity contribution >= 4 is 17.6 Å². The third-order valence-electron chi connectivity index (χ3n) is 1.94. The summed E-state index contributed by atoms with van der Waals surface area (Å²) in [6, 6.07) is 2.49. The molecule has 7 nitrogen and oxygen atoms in total. The number of halogens is 3. The molecule has 2 heterocycles. The maximum absolute atomic E-state index is 11.9. The zero-order valence-electron chi connectivity index (χ0n) is 9.00. The molecule has 0 radical (unpaired) electrons. The van der Waals surface area contributed by atoms with Crippen LogP contribution < -0.4 is 4.74 Å². The number of aromatic carboxylic acids is 1. The Labute approximate surface area is 109 Å². The van der Waals surface area contributed by atoms with Gasteiger partial charge in [0.25, 0.3) is 0 Å². The fraction of sp³-hybridized carbons (Fsp3) is 0.111. The molecule has 19 heavy (non-hydrogen) atoms. The molecule has 0 aliphatic heterocycles. The maximum atomic E-state index is 11.9. The summed E-state index contributed by atoms with van der Waals surface area (Å²) in [6.45, 7) is -2.98. The van der Waals surface area contributed by atoms with Gasteiger partial charge in [0.1, 0.15) is 5.69 Å². The number of nitrogens with zero attached hydrogens (tertiary/aromatic N) is 4. The molecular formula is C9H5ClF2N4O3. The first-order chi connectivity index (χ1) is 8.97. The van der Waals surface area contributed by atoms with Crippen LogP contribution >= 0.6 is 11.6 Å². The quantitative estimate of drug-likeness (QED) is 0.920. The Morgan fingerprint density at radius 2 is 2.16 bits per heavy atom. The smallest absolute Gasteiger partial charge is 0.388 e. The first kappa shape index (κ1) is 13.1. The molecule has 0 bridgehead atoms. The molecule has 2 aromatic heterocycles. The van der Waals surface area contributed by atoms with Crippen LogP contribution in [0.25, 0.3) is 5.69 Å². The highest BCUT2D eigenvalue weighted by atomic mass is 35.5. The van der Waals surface area contributed by atoms with Gasteiger partial charge in [0.15, 0.2) is 5.15 Å². The van der Waals surface area contributed by atoms with Crippen LogP contribution in [0.15, 0.2) is 18.3 Å². The average molecular weight is 291 g/mol. The van der Waals surface area contributed by atoms with Crippen molar-refractivity contribution in [3.63, 3.8) is 0 Å². The van der Waals surface area contributed by atoms with E-state index in [9.17, 15) is 13.6 Å². The lowest BCUT2D eigenvalue weighted by molar-refractivity contribution is -0.0528. The summed E-state index contributed by atoms with van der Waals surface area (Å²) in [4.78, 5) is 15.2. The van der Waals surface area contributed by atoms with E-state index in [1.165, 1.54) is 12.1 Å². The van der Waals surface area contributed by atoms with Gasteiger partial charge >= 0.3 is 12.6 Å². The van der Waals surface area contributed by atoms with E-state index in [4.69, 9.17) is 16.7 Å². The van der Waals surface area contributed by atoms with Crippen molar-refractivity contribution in [1.29, 1.82) is 0 Å². The Bertz CT molecular complexity index is 602. The van der Waals surface area contributed by atoms with E-state index in [0.29, 0.717) is 0 Å². The van der Waals surface area contributed by atoms with Crippen molar-refractivity contribution in [3.05, 3.63) is 29.2 Å². The summed E-state index contributed by atoms with van der Waals surface area (Å²) in [7, 11) is 0. The highest BCUT2D eigenvalue weighted by Gasteiger charge is 2.17. The van der Waals surface area contributed by atoms with E-state index >= 15 is 0 Å². The zero-order valence-corrected chi connectivity index (χ0v) is 9.75. The van der Waals surface area contributed by atoms with Crippen LogP contribution in [0.2, 0.25) is 5.15 Å². The van der Waals surface area contributed by atoms with Crippen LogP contribution in [0.5, 0.6) is 5.88 Å². The van der Waals surface area contributed by atoms with Crippen molar-refractivity contribution in [1.82, 2.24) is 20.0 Å². The molecule has 0 saturated carbocycles. The normalized spacial score (nSPS) is 10.7. The predicted octanol–water partition coefficient (Wildman–Crippen LogP) is 1.62. The molecule has 100 valence electrons. The molecule has 0 aliphatic rings. The van der Waals surface area contributed by atoms with Gasteiger partial charge in [-0.15, -0.1) is 15.0 Å². The topological polar surface area (TPSA) is 90.1 Å². The molecule has 0 aromatic carbocycles. The van der Waals surface area contributed by atoms with Crippen molar-refractivity contribution < 1.29 is 23.4 Å². The number of carboxylic acid groups (broad SMARTS) is 1. The number of alkyl halides is 2. The second-order valence-corrected chi connectivity index (χ2v) is 3.53. The fourth-order valence-corrected chi connectivity index (χ4v) is 1.38. The summed E-state index contributed by atoms with van der Waals surface area (Å²) in [5.74, 6) is -1.61. The van der Waals surface area contributed by atoms with Crippen LogP contribution in [-0.2, 0) is 0 Å². The van der Waals surface area contributed by atoms with Crippen molar-refractivity contribution in [2.45, 2.75) is 6.61 Å². The number of pyridine rings is 1. The minimum atomic E-state index is -2.98. The Kier molecular flexibility index (Phi) is 3.56. The van der Waals surface area contributed by atoms with E-state index < -0.39 is 18.3 Å². The van der Waals surface area contributed by atoms with E-state index in [2.05, 4.69) is 19.9 Å². The van der Waals surface area contributed by atoms with Crippen molar-refractivity contribution in [3.8, 4) is 11.6 Å². The first-order valence-corrected chi connectivity index (χ1v) is 5.12. The predicted molar refractivity (Wildman–Crippen MR) is 57.8 cm³/mol. The molecule has 10 heteroatoms. The summed E-state index contributed by atoms with van der Waals surface area (Å²) in [6.07, 6.45) is 1.14. The molecule has 0 spiro atoms. The number of aromatic nitrogens is 4. The molecule has 0 amide bonds. The SMILES string of the molecule is O=C(O)c1nn(-c2ccc(OC(F)F)nc2)nc1Cl. The molecule has 0 atom stereocenters. The summed E-state index contributed by atoms with van der Waals surface area (Å²) < 4.78 is 27.9. The number of carbonyl (C=O) groups is 1. The Morgan fingerprint density at radius 3 is 2.63 bits per heavy atom. The molecule has 0 unspecified atom stereocenters. The lowest BCUT2D eigenvalue weighted by atomic mass is 10.4. The van der Waals surface area contributed by atoms with E-state index in [-0.39, 0.29) is 16.7 Å². The maximum Gasteiger partial charge on any atom is 0.388 e. The average Bonchev–Trinajstić information content (AvgIpc) is 2.71. The summed E-state index contributed by atoms with van der Waals surface area (Å²) >= 11 is 5.57. The monoisotopic (exact) mass is 290 g/mol. The summed E-state index contributed by atoms with van der Waals surface area (Å²) in [5.41, 5.74) is -0.175. The molecule has 1 N–H and O–H groups in total. The highest BCUT2D eigenvalue weighted by Crippen LogP contribution is 2.15. The van der Waals surface area contributed by atoms with Gasteiger partial charge in [-0.1, -0.05) is 11.6 Å². The van der Waals surface area contributed by atoms with Gasteiger partial charge in [-0.25, -0.2) is 9.78 Å². The molecule has 0 saturated heterocycles. The highest BCUT2D eigenvalue weighted by molar-refractivity contribution is 6.31. The van der Waals surface area contributed by atoms with Crippen LogP contribution in [0.1, 0.15) is 10.5 Å². The van der Waals surface area contributed by atoms with Crippen LogP contribution in [0.3, 0.4) is 0 Å². The van der Waals surface area contributed by atoms with Crippen LogP contribution in [-0.4, -0.2) is 37.7 Å². The third kappa shape index (κ3) is 2.94. The number of rotatable bonds is 4. The van der Waals surface area contributed by atoms with Gasteiger partial charge in [-0.05, 0) is 6.07 Å². The Hall–Kier alpha value is -2.29. The van der Waals surface area contributed by atoms with Crippen LogP contribution in [0.4, 0.5) is 8.78 Å². The van der Waals surface area contributed by atoms with Gasteiger partial charge in [0.2, 0.25) is 11.6 Å². The van der Waals surface area contributed by atoms with E-state index in [0.717, 1.165) is 11.0 Å². The zero-order chi connectivity index (χ0) is 14.0. The molecule has 2 aromatic rings. The van der Waals surface area contributed by atoms with Gasteiger partial charge < -0.3 is 9.84 Å². The van der Waals surface area contributed by atoms with Gasteiger partial charge in [-0.3, -0.25) is 0 Å². The first-order valence-electron chi connectivity index (χ1n) is 4.74. The second-order valence-electron chi connectivity index (χ2n) is 3.17. The van der Waals surface area contributed by atoms with Gasteiger partial charge in [0, 0.05) is 6.07 Å².